The smallest absolute Gasteiger partial charge is 0.267 e. The second-order valence-electron chi connectivity index (χ2n) is 8.97. The van der Waals surface area contributed by atoms with Crippen LogP contribution in [0.4, 0.5) is 5.69 Å². The highest BCUT2D eigenvalue weighted by Gasteiger charge is 2.24. The topological polar surface area (TPSA) is 64.0 Å². The van der Waals surface area contributed by atoms with Gasteiger partial charge < -0.3 is 5.32 Å². The molecule has 0 fully saturated rings. The van der Waals surface area contributed by atoms with Crippen molar-refractivity contribution in [2.24, 2.45) is 0 Å². The largest absolute Gasteiger partial charge is 0.325 e. The van der Waals surface area contributed by atoms with Gasteiger partial charge in [-0.05, 0) is 86.9 Å². The van der Waals surface area contributed by atoms with Crippen molar-refractivity contribution in [1.82, 2.24) is 9.55 Å². The minimum Gasteiger partial charge on any atom is -0.325 e. The standard InChI is InChI=1S/C27H26ClN3O2S2/c1-15-11-12-16(2)20(13-15)29-23(32)14-34-27-30-25-24(18-7-4-5-10-22(18)35-25)26(33)31(27)21-9-6-8-19(28)17(21)3/h6,8-9,11-13H,4-5,7,10,14H2,1-3H3,(H,29,32). The molecule has 0 saturated heterocycles. The van der Waals surface area contributed by atoms with Gasteiger partial charge in [-0.3, -0.25) is 14.2 Å². The van der Waals surface area contributed by atoms with Gasteiger partial charge in [0.1, 0.15) is 4.83 Å². The summed E-state index contributed by atoms with van der Waals surface area (Å²) in [5.74, 6) is -0.00589. The molecule has 8 heteroatoms. The first-order valence-corrected chi connectivity index (χ1v) is 13.8. The minimum atomic E-state index is -0.141. The molecule has 2 aromatic heterocycles. The summed E-state index contributed by atoms with van der Waals surface area (Å²) in [6, 6.07) is 11.5. The van der Waals surface area contributed by atoms with E-state index in [0.717, 1.165) is 58.5 Å². The number of amides is 1. The Balaban J connectivity index is 1.56. The molecule has 0 aliphatic heterocycles. The number of hydrogen-bond acceptors (Lipinski definition) is 5. The van der Waals surface area contributed by atoms with Crippen LogP contribution in [0, 0.1) is 20.8 Å². The lowest BCUT2D eigenvalue weighted by Gasteiger charge is -2.16. The predicted molar refractivity (Wildman–Crippen MR) is 147 cm³/mol. The van der Waals surface area contributed by atoms with Crippen LogP contribution >= 0.6 is 34.7 Å². The molecule has 2 aromatic carbocycles. The van der Waals surface area contributed by atoms with E-state index >= 15 is 0 Å². The van der Waals surface area contributed by atoms with E-state index in [2.05, 4.69) is 5.32 Å². The van der Waals surface area contributed by atoms with Crippen LogP contribution in [0.25, 0.3) is 15.9 Å². The quantitative estimate of drug-likeness (QED) is 0.235. The monoisotopic (exact) mass is 523 g/mol. The Morgan fingerprint density at radius 1 is 1.17 bits per heavy atom. The molecule has 1 N–H and O–H groups in total. The summed E-state index contributed by atoms with van der Waals surface area (Å²) >= 11 is 9.31. The zero-order valence-corrected chi connectivity index (χ0v) is 22.3. The molecule has 5 nitrogen and oxygen atoms in total. The van der Waals surface area contributed by atoms with E-state index < -0.39 is 0 Å². The predicted octanol–water partition coefficient (Wildman–Crippen LogP) is 6.64. The number of hydrogen-bond donors (Lipinski definition) is 1. The zero-order valence-electron chi connectivity index (χ0n) is 19.9. The molecule has 1 aliphatic rings. The maximum Gasteiger partial charge on any atom is 0.267 e. The molecule has 0 spiro atoms. The maximum absolute atomic E-state index is 13.9. The Morgan fingerprint density at radius 2 is 1.97 bits per heavy atom. The normalized spacial score (nSPS) is 13.1. The van der Waals surface area contributed by atoms with Crippen molar-refractivity contribution < 1.29 is 4.79 Å². The molecule has 0 atom stereocenters. The molecular weight excluding hydrogens is 498 g/mol. The van der Waals surface area contributed by atoms with Crippen LogP contribution in [-0.2, 0) is 17.6 Å². The fourth-order valence-electron chi connectivity index (χ4n) is 4.52. The van der Waals surface area contributed by atoms with Gasteiger partial charge in [-0.25, -0.2) is 4.98 Å². The Kier molecular flexibility index (Phi) is 6.75. The fourth-order valence-corrected chi connectivity index (χ4v) is 6.80. The molecule has 0 unspecified atom stereocenters. The molecule has 5 rings (SSSR count). The number of rotatable bonds is 5. The molecule has 4 aromatic rings. The fraction of sp³-hybridized carbons (Fsp3) is 0.296. The van der Waals surface area contributed by atoms with Gasteiger partial charge in [0.25, 0.3) is 5.56 Å². The third-order valence-corrected chi connectivity index (χ3v) is 8.97. The van der Waals surface area contributed by atoms with Crippen LogP contribution in [0.2, 0.25) is 5.02 Å². The number of nitrogens with zero attached hydrogens (tertiary/aromatic N) is 2. The molecule has 0 bridgehead atoms. The van der Waals surface area contributed by atoms with Gasteiger partial charge >= 0.3 is 0 Å². The molecule has 180 valence electrons. The highest BCUT2D eigenvalue weighted by Crippen LogP contribution is 2.36. The molecule has 0 radical (unpaired) electrons. The van der Waals surface area contributed by atoms with Crippen LogP contribution in [0.1, 0.15) is 40.0 Å². The second kappa shape index (κ2) is 9.80. The van der Waals surface area contributed by atoms with Gasteiger partial charge in [0.05, 0.1) is 16.8 Å². The number of anilines is 1. The summed E-state index contributed by atoms with van der Waals surface area (Å²) in [5, 5.41) is 4.81. The van der Waals surface area contributed by atoms with Crippen molar-refractivity contribution in [3.05, 3.63) is 78.9 Å². The Hall–Kier alpha value is -2.61. The van der Waals surface area contributed by atoms with E-state index in [4.69, 9.17) is 16.6 Å². The number of fused-ring (bicyclic) bond motifs is 3. The first-order valence-electron chi connectivity index (χ1n) is 11.7. The first kappa shape index (κ1) is 24.1. The number of nitrogens with one attached hydrogen (secondary N) is 1. The van der Waals surface area contributed by atoms with E-state index in [1.54, 1.807) is 15.9 Å². The van der Waals surface area contributed by atoms with Gasteiger partial charge in [-0.2, -0.15) is 0 Å². The van der Waals surface area contributed by atoms with Gasteiger partial charge in [-0.15, -0.1) is 11.3 Å². The second-order valence-corrected chi connectivity index (χ2v) is 11.4. The maximum atomic E-state index is 13.9. The molecule has 0 saturated carbocycles. The van der Waals surface area contributed by atoms with Crippen LogP contribution in [-0.4, -0.2) is 21.2 Å². The Bertz CT molecular complexity index is 1520. The highest BCUT2D eigenvalue weighted by atomic mass is 35.5. The molecule has 2 heterocycles. The van der Waals surface area contributed by atoms with Gasteiger partial charge in [0.2, 0.25) is 5.91 Å². The van der Waals surface area contributed by atoms with Crippen LogP contribution in [0.5, 0.6) is 0 Å². The van der Waals surface area contributed by atoms with Crippen molar-refractivity contribution in [3.63, 3.8) is 0 Å². The van der Waals surface area contributed by atoms with E-state index in [0.29, 0.717) is 21.3 Å². The number of benzene rings is 2. The van der Waals surface area contributed by atoms with Crippen molar-refractivity contribution >= 4 is 56.5 Å². The summed E-state index contributed by atoms with van der Waals surface area (Å²) in [4.78, 5) is 33.7. The highest BCUT2D eigenvalue weighted by molar-refractivity contribution is 7.99. The van der Waals surface area contributed by atoms with Crippen LogP contribution in [0.3, 0.4) is 0 Å². The van der Waals surface area contributed by atoms with Crippen molar-refractivity contribution in [3.8, 4) is 5.69 Å². The summed E-state index contributed by atoms with van der Waals surface area (Å²) in [5.41, 5.74) is 5.45. The summed E-state index contributed by atoms with van der Waals surface area (Å²) in [6.07, 6.45) is 4.13. The SMILES string of the molecule is Cc1ccc(C)c(NC(=O)CSc2nc3sc4c(c3c(=O)n2-c2cccc(Cl)c2C)CCCC4)c1. The average molecular weight is 524 g/mol. The summed E-state index contributed by atoms with van der Waals surface area (Å²) in [7, 11) is 0. The zero-order chi connectivity index (χ0) is 24.7. The number of aryl methyl sites for hydroxylation is 4. The van der Waals surface area contributed by atoms with E-state index in [1.807, 2.05) is 57.2 Å². The summed E-state index contributed by atoms with van der Waals surface area (Å²) in [6.45, 7) is 5.87. The number of carbonyl (C=O) groups excluding carboxylic acids is 1. The number of thioether (sulfide) groups is 1. The average Bonchev–Trinajstić information content (AvgIpc) is 3.21. The van der Waals surface area contributed by atoms with Crippen LogP contribution < -0.4 is 10.9 Å². The number of carbonyl (C=O) groups is 1. The first-order chi connectivity index (χ1) is 16.8. The van der Waals surface area contributed by atoms with Crippen molar-refractivity contribution in [1.29, 1.82) is 0 Å². The van der Waals surface area contributed by atoms with Crippen molar-refractivity contribution in [2.75, 3.05) is 11.1 Å². The third-order valence-electron chi connectivity index (χ3n) is 6.44. The molecule has 35 heavy (non-hydrogen) atoms. The Morgan fingerprint density at radius 3 is 2.80 bits per heavy atom. The lowest BCUT2D eigenvalue weighted by molar-refractivity contribution is -0.113. The van der Waals surface area contributed by atoms with Gasteiger partial charge in [0, 0.05) is 15.6 Å². The molecule has 1 amide bonds. The molecule has 1 aliphatic carbocycles. The van der Waals surface area contributed by atoms with Crippen molar-refractivity contribution in [2.45, 2.75) is 51.6 Å². The minimum absolute atomic E-state index is 0.0859. The Labute approximate surface area is 217 Å². The van der Waals surface area contributed by atoms with E-state index in [-0.39, 0.29) is 17.2 Å². The lowest BCUT2D eigenvalue weighted by atomic mass is 9.97. The third kappa shape index (κ3) is 4.65. The number of halogens is 1. The summed E-state index contributed by atoms with van der Waals surface area (Å²) < 4.78 is 1.64. The van der Waals surface area contributed by atoms with Gasteiger partial charge in [-0.1, -0.05) is 41.6 Å². The van der Waals surface area contributed by atoms with Gasteiger partial charge in [0.15, 0.2) is 5.16 Å². The number of aromatic nitrogens is 2. The van der Waals surface area contributed by atoms with E-state index in [9.17, 15) is 9.59 Å². The van der Waals surface area contributed by atoms with Crippen LogP contribution in [0.15, 0.2) is 46.3 Å². The van der Waals surface area contributed by atoms with E-state index in [1.165, 1.54) is 16.6 Å². The lowest BCUT2D eigenvalue weighted by Crippen LogP contribution is -2.24. The number of thiophene rings is 1. The molecular formula is C27H26ClN3O2S2.